The van der Waals surface area contributed by atoms with Crippen LogP contribution < -0.4 is 0 Å². The predicted molar refractivity (Wildman–Crippen MR) is 152 cm³/mol. The lowest BCUT2D eigenvalue weighted by atomic mass is 9.33. The van der Waals surface area contributed by atoms with Crippen LogP contribution in [0.5, 0.6) is 0 Å². The Morgan fingerprint density at radius 2 is 1.80 bits per heavy atom. The number of carbonyl (C=O) groups is 3. The van der Waals surface area contributed by atoms with E-state index < -0.39 is 99.5 Å². The molecule has 16 atom stereocenters. The molecule has 6 fully saturated rings. The largest absolute Gasteiger partial charge is 0.472 e. The summed E-state index contributed by atoms with van der Waals surface area (Å²) in [6, 6.07) is 1.81. The van der Waals surface area contributed by atoms with Gasteiger partial charge in [-0.25, -0.2) is 0 Å². The van der Waals surface area contributed by atoms with Crippen molar-refractivity contribution in [2.24, 2.45) is 39.4 Å². The summed E-state index contributed by atoms with van der Waals surface area (Å²) in [6.07, 6.45) is -5.08. The molecule has 1 spiro atoms. The molecule has 2 aliphatic heterocycles. The van der Waals surface area contributed by atoms with Crippen molar-refractivity contribution in [3.63, 3.8) is 0 Å². The van der Waals surface area contributed by atoms with Crippen molar-refractivity contribution in [3.05, 3.63) is 24.2 Å². The molecule has 12 nitrogen and oxygen atoms in total. The average Bonchev–Trinajstić information content (AvgIpc) is 3.35. The normalized spacial score (nSPS) is 53.3. The SMILES string of the molecule is CCC(C)C(=O)OC1OC[C@@]23[C@H]4C(=O)[C@H](O)[C@@]5(C)[C@H](c6ccoc6)C[C@H]6O[C@]65[C@]4(C)[C@H](O)C[C@H]2[C@]1(C)[C@H](OC(C)=O)[C@H](O)[C@@H]3O. The van der Waals surface area contributed by atoms with E-state index in [4.69, 9.17) is 23.4 Å². The van der Waals surface area contributed by atoms with Gasteiger partial charge in [0.15, 0.2) is 5.78 Å². The molecule has 1 aromatic rings. The van der Waals surface area contributed by atoms with Gasteiger partial charge in [0.25, 0.3) is 0 Å². The first-order valence-electron chi connectivity index (χ1n) is 16.0. The summed E-state index contributed by atoms with van der Waals surface area (Å²) >= 11 is 0. The van der Waals surface area contributed by atoms with Crippen molar-refractivity contribution in [3.8, 4) is 0 Å². The van der Waals surface area contributed by atoms with Crippen LogP contribution in [0.4, 0.5) is 0 Å². The molecule has 4 N–H and O–H groups in total. The van der Waals surface area contributed by atoms with Crippen LogP contribution in [0, 0.1) is 39.4 Å². The van der Waals surface area contributed by atoms with Crippen molar-refractivity contribution in [2.45, 2.75) is 115 Å². The summed E-state index contributed by atoms with van der Waals surface area (Å²) in [6.45, 7) is 9.66. The number of hydrogen-bond donors (Lipinski definition) is 4. The highest BCUT2D eigenvalue weighted by Gasteiger charge is 2.92. The third-order valence-corrected chi connectivity index (χ3v) is 13.6. The topological polar surface area (TPSA) is 185 Å². The monoisotopic (exact) mass is 632 g/mol. The molecule has 7 rings (SSSR count). The van der Waals surface area contributed by atoms with Crippen LogP contribution in [0.2, 0.25) is 0 Å². The Kier molecular flexibility index (Phi) is 6.67. The number of ether oxygens (including phenoxy) is 4. The van der Waals surface area contributed by atoms with Crippen LogP contribution in [-0.4, -0.2) is 93.3 Å². The minimum atomic E-state index is -1.70. The number of ketones is 1. The number of aliphatic hydroxyl groups is 4. The fourth-order valence-electron chi connectivity index (χ4n) is 11.3. The predicted octanol–water partition coefficient (Wildman–Crippen LogP) is 1.46. The van der Waals surface area contributed by atoms with E-state index in [0.717, 1.165) is 5.56 Å². The van der Waals surface area contributed by atoms with Gasteiger partial charge in [0.05, 0.1) is 48.8 Å². The highest BCUT2D eigenvalue weighted by atomic mass is 16.7. The zero-order valence-corrected chi connectivity index (χ0v) is 26.5. The number of rotatable bonds is 5. The molecule has 3 heterocycles. The van der Waals surface area contributed by atoms with Gasteiger partial charge in [0.1, 0.15) is 23.9 Å². The lowest BCUT2D eigenvalue weighted by molar-refractivity contribution is -0.391. The summed E-state index contributed by atoms with van der Waals surface area (Å²) in [5, 5.41) is 48.3. The second-order valence-electron chi connectivity index (χ2n) is 15.1. The van der Waals surface area contributed by atoms with Crippen LogP contribution in [0.3, 0.4) is 0 Å². The number of fused-ring (bicyclic) bond motifs is 1. The van der Waals surface area contributed by atoms with Crippen LogP contribution >= 0.6 is 0 Å². The number of epoxide rings is 1. The van der Waals surface area contributed by atoms with Crippen molar-refractivity contribution >= 4 is 17.7 Å². The Labute approximate surface area is 261 Å². The Balaban J connectivity index is 1.39. The quantitative estimate of drug-likeness (QED) is 0.271. The molecule has 2 saturated heterocycles. The summed E-state index contributed by atoms with van der Waals surface area (Å²) in [4.78, 5) is 40.3. The van der Waals surface area contributed by atoms with Gasteiger partial charge in [0, 0.05) is 35.0 Å². The molecule has 45 heavy (non-hydrogen) atoms. The lowest BCUT2D eigenvalue weighted by Gasteiger charge is -2.73. The van der Waals surface area contributed by atoms with Crippen LogP contribution in [0.1, 0.15) is 72.3 Å². The Hall–Kier alpha value is -2.35. The van der Waals surface area contributed by atoms with Crippen LogP contribution in [0.25, 0.3) is 0 Å². The van der Waals surface area contributed by atoms with Gasteiger partial charge in [-0.15, -0.1) is 0 Å². The molecule has 6 aliphatic rings. The first kappa shape index (κ1) is 31.3. The fourth-order valence-corrected chi connectivity index (χ4v) is 11.3. The Morgan fingerprint density at radius 3 is 2.42 bits per heavy atom. The molecule has 4 aliphatic carbocycles. The fraction of sp³-hybridized carbons (Fsp3) is 0.788. The lowest BCUT2D eigenvalue weighted by Crippen LogP contribution is -2.84. The molecular weight excluding hydrogens is 588 g/mol. The standard InChI is InChI=1S/C33H44O12/c1-7-14(2)27(40)44-28-29(4)18-11-19(35)31(6)23(32(18,13-42-28)25(39)22(37)26(29)43-15(3)34)21(36)24(38)30(5)17(16-8-9-41-12-16)10-20-33(30,31)45-20/h8-9,12,14,17-20,22-26,28,35,37-39H,7,10-11,13H2,1-6H3/t14?,17-,18-,19+,20+,22+,23-,24-,25-,26+,28?,29+,30+,31+,32-,33+/m0/s1. The third kappa shape index (κ3) is 3.36. The van der Waals surface area contributed by atoms with Gasteiger partial charge >= 0.3 is 11.9 Å². The maximum Gasteiger partial charge on any atom is 0.310 e. The molecule has 12 heteroatoms. The summed E-state index contributed by atoms with van der Waals surface area (Å²) < 4.78 is 29.7. The molecule has 2 bridgehead atoms. The minimum absolute atomic E-state index is 0.000547. The second kappa shape index (κ2) is 9.60. The van der Waals surface area contributed by atoms with Gasteiger partial charge < -0.3 is 43.8 Å². The van der Waals surface area contributed by atoms with Crippen molar-refractivity contribution in [1.29, 1.82) is 0 Å². The van der Waals surface area contributed by atoms with E-state index in [9.17, 15) is 34.8 Å². The zero-order valence-electron chi connectivity index (χ0n) is 26.5. The van der Waals surface area contributed by atoms with E-state index in [2.05, 4.69) is 0 Å². The highest BCUT2D eigenvalue weighted by Crippen LogP contribution is 2.82. The Bertz CT molecular complexity index is 1410. The first-order valence-corrected chi connectivity index (χ1v) is 16.0. The van der Waals surface area contributed by atoms with Gasteiger partial charge in [-0.1, -0.05) is 27.7 Å². The van der Waals surface area contributed by atoms with E-state index in [1.807, 2.05) is 19.9 Å². The van der Waals surface area contributed by atoms with Crippen molar-refractivity contribution in [1.82, 2.24) is 0 Å². The first-order chi connectivity index (χ1) is 21.1. The zero-order chi connectivity index (χ0) is 32.6. The number of Topliss-reactive ketones (excluding diaryl/α,β-unsaturated/α-hetero) is 1. The van der Waals surface area contributed by atoms with E-state index in [0.29, 0.717) is 12.8 Å². The molecule has 0 aromatic carbocycles. The van der Waals surface area contributed by atoms with Gasteiger partial charge in [-0.05, 0) is 43.7 Å². The summed E-state index contributed by atoms with van der Waals surface area (Å²) in [5.41, 5.74) is -5.84. The molecule has 0 amide bonds. The maximum absolute atomic E-state index is 14.8. The molecule has 248 valence electrons. The maximum atomic E-state index is 14.8. The number of esters is 2. The van der Waals surface area contributed by atoms with Gasteiger partial charge in [0.2, 0.25) is 6.29 Å². The van der Waals surface area contributed by atoms with Crippen LogP contribution in [-0.2, 0) is 33.3 Å². The summed E-state index contributed by atoms with van der Waals surface area (Å²) in [5.74, 6) is -4.73. The molecule has 2 unspecified atom stereocenters. The number of furan rings is 1. The third-order valence-electron chi connectivity index (χ3n) is 13.6. The molecular formula is C33H44O12. The van der Waals surface area contributed by atoms with Crippen LogP contribution in [0.15, 0.2) is 23.0 Å². The van der Waals surface area contributed by atoms with Crippen molar-refractivity contribution in [2.75, 3.05) is 6.61 Å². The highest BCUT2D eigenvalue weighted by molar-refractivity contribution is 5.91. The average molecular weight is 633 g/mol. The van der Waals surface area contributed by atoms with Gasteiger partial charge in [-0.2, -0.15) is 0 Å². The van der Waals surface area contributed by atoms with E-state index in [-0.39, 0.29) is 25.0 Å². The summed E-state index contributed by atoms with van der Waals surface area (Å²) in [7, 11) is 0. The molecule has 4 saturated carbocycles. The van der Waals surface area contributed by atoms with E-state index in [1.54, 1.807) is 33.3 Å². The molecule has 1 aromatic heterocycles. The number of carbonyl (C=O) groups excluding carboxylic acids is 3. The second-order valence-corrected chi connectivity index (χ2v) is 15.1. The minimum Gasteiger partial charge on any atom is -0.472 e. The van der Waals surface area contributed by atoms with Crippen molar-refractivity contribution < 1.29 is 58.2 Å². The number of aliphatic hydroxyl groups excluding tert-OH is 4. The number of hydrogen-bond acceptors (Lipinski definition) is 12. The smallest absolute Gasteiger partial charge is 0.310 e. The van der Waals surface area contributed by atoms with Gasteiger partial charge in [-0.3, -0.25) is 14.4 Å². The Morgan fingerprint density at radius 1 is 1.09 bits per heavy atom. The van der Waals surface area contributed by atoms with E-state index >= 15 is 0 Å². The van der Waals surface area contributed by atoms with E-state index in [1.165, 1.54) is 6.92 Å². The molecule has 0 radical (unpaired) electrons.